The van der Waals surface area contributed by atoms with Crippen molar-refractivity contribution < 1.29 is 0 Å². The molecule has 25 heavy (non-hydrogen) atoms. The van der Waals surface area contributed by atoms with Crippen molar-refractivity contribution in [2.24, 2.45) is 7.05 Å². The number of aromatic nitrogens is 6. The van der Waals surface area contributed by atoms with Crippen molar-refractivity contribution in [1.29, 1.82) is 0 Å². The fourth-order valence-corrected chi connectivity index (χ4v) is 2.62. The zero-order chi connectivity index (χ0) is 17.4. The third-order valence-corrected chi connectivity index (χ3v) is 4.11. The lowest BCUT2D eigenvalue weighted by Crippen LogP contribution is -2.06. The van der Waals surface area contributed by atoms with Gasteiger partial charge in [0.1, 0.15) is 0 Å². The predicted octanol–water partition coefficient (Wildman–Crippen LogP) is 2.24. The van der Waals surface area contributed by atoms with E-state index < -0.39 is 0 Å². The van der Waals surface area contributed by atoms with Gasteiger partial charge in [-0.15, -0.1) is 0 Å². The standard InChI is InChI=1S/C17H18N8/c1-11-7-15(23-24(11)2)21-17-19-8-13-9-20-25(16(13)22-17)10-12-5-3-4-6-14(12)18/h3-9H,10,18H2,1-2H3,(H,19,21,22,23). The Morgan fingerprint density at radius 1 is 1.20 bits per heavy atom. The van der Waals surface area contributed by atoms with Gasteiger partial charge >= 0.3 is 0 Å². The van der Waals surface area contributed by atoms with Crippen molar-refractivity contribution in [3.05, 3.63) is 54.0 Å². The van der Waals surface area contributed by atoms with E-state index in [0.717, 1.165) is 28.0 Å². The van der Waals surface area contributed by atoms with E-state index in [9.17, 15) is 0 Å². The molecule has 3 heterocycles. The summed E-state index contributed by atoms with van der Waals surface area (Å²) in [5, 5.41) is 12.8. The summed E-state index contributed by atoms with van der Waals surface area (Å²) in [6.45, 7) is 2.54. The Morgan fingerprint density at radius 3 is 2.80 bits per heavy atom. The summed E-state index contributed by atoms with van der Waals surface area (Å²) in [7, 11) is 1.89. The molecule has 0 aliphatic heterocycles. The number of nitrogens with two attached hydrogens (primary N) is 1. The highest BCUT2D eigenvalue weighted by Crippen LogP contribution is 2.18. The van der Waals surface area contributed by atoms with Crippen LogP contribution in [0.5, 0.6) is 0 Å². The number of benzene rings is 1. The van der Waals surface area contributed by atoms with Gasteiger partial charge in [0.2, 0.25) is 5.95 Å². The highest BCUT2D eigenvalue weighted by atomic mass is 15.3. The summed E-state index contributed by atoms with van der Waals surface area (Å²) in [4.78, 5) is 8.91. The van der Waals surface area contributed by atoms with Gasteiger partial charge in [-0.3, -0.25) is 4.68 Å². The van der Waals surface area contributed by atoms with Crippen LogP contribution in [-0.2, 0) is 13.6 Å². The number of fused-ring (bicyclic) bond motifs is 1. The van der Waals surface area contributed by atoms with E-state index in [2.05, 4.69) is 25.5 Å². The van der Waals surface area contributed by atoms with E-state index in [-0.39, 0.29) is 0 Å². The molecule has 3 aromatic heterocycles. The topological polar surface area (TPSA) is 99.5 Å². The molecular formula is C17H18N8. The summed E-state index contributed by atoms with van der Waals surface area (Å²) in [5.74, 6) is 1.19. The maximum absolute atomic E-state index is 6.03. The van der Waals surface area contributed by atoms with Crippen molar-refractivity contribution in [3.8, 4) is 0 Å². The SMILES string of the molecule is Cc1cc(Nc2ncc3cnn(Cc4ccccc4N)c3n2)nn1C. The number of nitrogen functional groups attached to an aromatic ring is 1. The number of aryl methyl sites for hydroxylation is 2. The third-order valence-electron chi connectivity index (χ3n) is 4.11. The second-order valence-electron chi connectivity index (χ2n) is 5.89. The van der Waals surface area contributed by atoms with Gasteiger partial charge in [0, 0.05) is 30.7 Å². The lowest BCUT2D eigenvalue weighted by molar-refractivity contribution is 0.705. The maximum Gasteiger partial charge on any atom is 0.230 e. The van der Waals surface area contributed by atoms with Crippen LogP contribution in [0.15, 0.2) is 42.7 Å². The normalized spacial score (nSPS) is 11.1. The van der Waals surface area contributed by atoms with Crippen molar-refractivity contribution in [2.75, 3.05) is 11.1 Å². The van der Waals surface area contributed by atoms with E-state index in [1.807, 2.05) is 49.0 Å². The number of nitrogens with one attached hydrogen (secondary N) is 1. The average Bonchev–Trinajstić information content (AvgIpc) is 3.13. The number of hydrogen-bond donors (Lipinski definition) is 2. The molecule has 0 saturated heterocycles. The molecule has 0 atom stereocenters. The Bertz CT molecular complexity index is 1030. The number of rotatable bonds is 4. The minimum atomic E-state index is 0.480. The Labute approximate surface area is 144 Å². The summed E-state index contributed by atoms with van der Waals surface area (Å²) in [5.41, 5.74) is 9.57. The molecule has 8 nitrogen and oxygen atoms in total. The first kappa shape index (κ1) is 15.1. The largest absolute Gasteiger partial charge is 0.398 e. The average molecular weight is 334 g/mol. The first-order valence-corrected chi connectivity index (χ1v) is 7.90. The molecule has 0 saturated carbocycles. The first-order valence-electron chi connectivity index (χ1n) is 7.90. The molecule has 8 heteroatoms. The minimum absolute atomic E-state index is 0.480. The molecule has 0 spiro atoms. The zero-order valence-corrected chi connectivity index (χ0v) is 14.0. The molecule has 4 aromatic rings. The smallest absolute Gasteiger partial charge is 0.230 e. The van der Waals surface area contributed by atoms with Crippen molar-refractivity contribution in [2.45, 2.75) is 13.5 Å². The second-order valence-corrected chi connectivity index (χ2v) is 5.89. The lowest BCUT2D eigenvalue weighted by Gasteiger charge is -2.07. The summed E-state index contributed by atoms with van der Waals surface area (Å²) >= 11 is 0. The molecule has 1 aromatic carbocycles. The lowest BCUT2D eigenvalue weighted by atomic mass is 10.2. The van der Waals surface area contributed by atoms with Crippen molar-refractivity contribution in [3.63, 3.8) is 0 Å². The van der Waals surface area contributed by atoms with E-state index in [1.54, 1.807) is 17.1 Å². The molecular weight excluding hydrogens is 316 g/mol. The van der Waals surface area contributed by atoms with E-state index in [1.165, 1.54) is 0 Å². The Kier molecular flexibility index (Phi) is 3.57. The van der Waals surface area contributed by atoms with Gasteiger partial charge in [0.25, 0.3) is 0 Å². The van der Waals surface area contributed by atoms with Crippen LogP contribution in [0.3, 0.4) is 0 Å². The van der Waals surface area contributed by atoms with Crippen LogP contribution >= 0.6 is 0 Å². The quantitative estimate of drug-likeness (QED) is 0.555. The fourth-order valence-electron chi connectivity index (χ4n) is 2.62. The monoisotopic (exact) mass is 334 g/mol. The molecule has 0 aliphatic rings. The molecule has 0 fully saturated rings. The number of anilines is 3. The molecule has 0 amide bonds. The van der Waals surface area contributed by atoms with Crippen molar-refractivity contribution in [1.82, 2.24) is 29.5 Å². The molecule has 4 rings (SSSR count). The summed E-state index contributed by atoms with van der Waals surface area (Å²) in [6, 6.07) is 9.68. The van der Waals surface area contributed by atoms with E-state index in [4.69, 9.17) is 5.73 Å². The molecule has 0 bridgehead atoms. The molecule has 3 N–H and O–H groups in total. The third kappa shape index (κ3) is 2.89. The van der Waals surface area contributed by atoms with Gasteiger partial charge in [-0.25, -0.2) is 9.67 Å². The van der Waals surface area contributed by atoms with Crippen LogP contribution in [0.4, 0.5) is 17.5 Å². The Balaban J connectivity index is 1.66. The van der Waals surface area contributed by atoms with Gasteiger partial charge in [-0.1, -0.05) is 18.2 Å². The van der Waals surface area contributed by atoms with E-state index >= 15 is 0 Å². The predicted molar refractivity (Wildman–Crippen MR) is 96.5 cm³/mol. The van der Waals surface area contributed by atoms with E-state index in [0.29, 0.717) is 18.3 Å². The van der Waals surface area contributed by atoms with Crippen LogP contribution in [-0.4, -0.2) is 29.5 Å². The van der Waals surface area contributed by atoms with Crippen LogP contribution in [0, 0.1) is 6.92 Å². The summed E-state index contributed by atoms with van der Waals surface area (Å²) in [6.07, 6.45) is 3.50. The van der Waals surface area contributed by atoms with Crippen LogP contribution in [0.1, 0.15) is 11.3 Å². The molecule has 126 valence electrons. The fraction of sp³-hybridized carbons (Fsp3) is 0.176. The van der Waals surface area contributed by atoms with Gasteiger partial charge in [0.15, 0.2) is 11.5 Å². The van der Waals surface area contributed by atoms with Gasteiger partial charge in [-0.05, 0) is 18.6 Å². The number of nitrogens with zero attached hydrogens (tertiary/aromatic N) is 6. The first-order chi connectivity index (χ1) is 12.1. The second kappa shape index (κ2) is 5.90. The zero-order valence-electron chi connectivity index (χ0n) is 14.0. The Morgan fingerprint density at radius 2 is 2.04 bits per heavy atom. The van der Waals surface area contributed by atoms with Gasteiger partial charge in [0.05, 0.1) is 18.1 Å². The van der Waals surface area contributed by atoms with Crippen molar-refractivity contribution >= 4 is 28.5 Å². The van der Waals surface area contributed by atoms with Crippen LogP contribution in [0.2, 0.25) is 0 Å². The number of para-hydroxylation sites is 1. The van der Waals surface area contributed by atoms with Crippen LogP contribution in [0.25, 0.3) is 11.0 Å². The van der Waals surface area contributed by atoms with Gasteiger partial charge in [-0.2, -0.15) is 15.2 Å². The highest BCUT2D eigenvalue weighted by Gasteiger charge is 2.10. The molecule has 0 aliphatic carbocycles. The van der Waals surface area contributed by atoms with Gasteiger partial charge < -0.3 is 11.1 Å². The molecule has 0 radical (unpaired) electrons. The Hall–Kier alpha value is -3.42. The summed E-state index contributed by atoms with van der Waals surface area (Å²) < 4.78 is 3.61. The van der Waals surface area contributed by atoms with Crippen LogP contribution < -0.4 is 11.1 Å². The molecule has 0 unspecified atom stereocenters. The number of hydrogen-bond acceptors (Lipinski definition) is 6. The minimum Gasteiger partial charge on any atom is -0.398 e. The maximum atomic E-state index is 6.03. The highest BCUT2D eigenvalue weighted by molar-refractivity contribution is 5.75.